The summed E-state index contributed by atoms with van der Waals surface area (Å²) in [6.07, 6.45) is 1.29. The number of aliphatic carboxylic acids is 1. The molecular formula is C16H14O3Se. The van der Waals surface area contributed by atoms with Crippen LogP contribution in [0.15, 0.2) is 60.7 Å². The summed E-state index contributed by atoms with van der Waals surface area (Å²) in [5.41, 5.74) is 0.914. The number of carboxylic acid groups (broad SMARTS) is 1. The van der Waals surface area contributed by atoms with Crippen LogP contribution in [-0.2, 0) is 4.79 Å². The number of benzene rings is 2. The Bertz CT molecular complexity index is 603. The molecule has 0 saturated heterocycles. The fourth-order valence-electron chi connectivity index (χ4n) is 1.65. The van der Waals surface area contributed by atoms with Gasteiger partial charge in [-0.25, -0.2) is 0 Å². The number of carboxylic acids is 1. The summed E-state index contributed by atoms with van der Waals surface area (Å²) in [6, 6.07) is 17.4. The van der Waals surface area contributed by atoms with Crippen LogP contribution in [-0.4, -0.2) is 33.1 Å². The van der Waals surface area contributed by atoms with Crippen molar-refractivity contribution in [1.82, 2.24) is 0 Å². The van der Waals surface area contributed by atoms with Crippen molar-refractivity contribution in [2.24, 2.45) is 0 Å². The molecule has 0 unspecified atom stereocenters. The summed E-state index contributed by atoms with van der Waals surface area (Å²) in [5, 5.41) is 9.03. The van der Waals surface area contributed by atoms with Crippen LogP contribution < -0.4 is 9.20 Å². The number of ether oxygens (including phenoxy) is 1. The van der Waals surface area contributed by atoms with Gasteiger partial charge in [0.05, 0.1) is 0 Å². The van der Waals surface area contributed by atoms with Gasteiger partial charge in [0.1, 0.15) is 0 Å². The average molecular weight is 333 g/mol. The second kappa shape index (κ2) is 6.94. The van der Waals surface area contributed by atoms with Crippen LogP contribution in [0.4, 0.5) is 0 Å². The second-order valence-electron chi connectivity index (χ2n) is 3.99. The molecule has 2 rings (SSSR count). The normalized spacial score (nSPS) is 11.2. The van der Waals surface area contributed by atoms with E-state index in [4.69, 9.17) is 9.84 Å². The van der Waals surface area contributed by atoms with Gasteiger partial charge in [0.2, 0.25) is 0 Å². The van der Waals surface area contributed by atoms with Gasteiger partial charge in [-0.15, -0.1) is 0 Å². The van der Waals surface area contributed by atoms with Crippen molar-refractivity contribution in [1.29, 1.82) is 0 Å². The summed E-state index contributed by atoms with van der Waals surface area (Å²) in [4.78, 5) is 11.0. The zero-order chi connectivity index (χ0) is 14.4. The second-order valence-corrected chi connectivity index (χ2v) is 6.33. The van der Waals surface area contributed by atoms with E-state index in [2.05, 4.69) is 0 Å². The Morgan fingerprint density at radius 3 is 2.30 bits per heavy atom. The molecule has 0 aromatic heterocycles. The molecule has 3 nitrogen and oxygen atoms in total. The standard InChI is InChI=1S/C16H14O3Se/c1-19-13-9-7-12(8-10-13)15(11-16(17)18)20-14-5-3-2-4-6-14/h2-11H,1H3,(H,17,18)/b15-11-. The fourth-order valence-corrected chi connectivity index (χ4v) is 3.67. The number of methoxy groups -OCH3 is 1. The van der Waals surface area contributed by atoms with Crippen molar-refractivity contribution >= 4 is 29.9 Å². The molecule has 0 saturated carbocycles. The van der Waals surface area contributed by atoms with E-state index in [9.17, 15) is 4.79 Å². The van der Waals surface area contributed by atoms with Crippen molar-refractivity contribution < 1.29 is 14.6 Å². The first kappa shape index (κ1) is 14.4. The molecule has 4 heteroatoms. The number of hydrogen-bond donors (Lipinski definition) is 1. The predicted molar refractivity (Wildman–Crippen MR) is 80.4 cm³/mol. The van der Waals surface area contributed by atoms with Crippen LogP contribution in [0.25, 0.3) is 4.47 Å². The minimum atomic E-state index is -0.923. The van der Waals surface area contributed by atoms with Crippen molar-refractivity contribution in [3.8, 4) is 5.75 Å². The molecule has 0 amide bonds. The quantitative estimate of drug-likeness (QED) is 0.674. The molecule has 102 valence electrons. The van der Waals surface area contributed by atoms with E-state index in [1.807, 2.05) is 54.6 Å². The number of rotatable bonds is 5. The molecule has 0 aliphatic carbocycles. The summed E-state index contributed by atoms with van der Waals surface area (Å²) in [5.74, 6) is -0.163. The van der Waals surface area contributed by atoms with E-state index in [-0.39, 0.29) is 15.0 Å². The van der Waals surface area contributed by atoms with Gasteiger partial charge < -0.3 is 0 Å². The Kier molecular flexibility index (Phi) is 4.99. The summed E-state index contributed by atoms with van der Waals surface area (Å²) < 4.78 is 7.09. The molecule has 0 aliphatic rings. The predicted octanol–water partition coefficient (Wildman–Crippen LogP) is 2.15. The van der Waals surface area contributed by atoms with E-state index in [0.717, 1.165) is 20.2 Å². The molecule has 0 spiro atoms. The van der Waals surface area contributed by atoms with Crippen LogP contribution in [0, 0.1) is 0 Å². The maximum atomic E-state index is 11.0. The third-order valence-corrected chi connectivity index (χ3v) is 4.87. The molecule has 0 radical (unpaired) electrons. The number of carbonyl (C=O) groups is 1. The summed E-state index contributed by atoms with van der Waals surface area (Å²) >= 11 is -0.0474. The molecule has 0 fully saturated rings. The van der Waals surface area contributed by atoms with E-state index in [0.29, 0.717) is 0 Å². The van der Waals surface area contributed by atoms with Gasteiger partial charge in [-0.05, 0) is 0 Å². The van der Waals surface area contributed by atoms with E-state index in [1.54, 1.807) is 7.11 Å². The van der Waals surface area contributed by atoms with Crippen molar-refractivity contribution in [3.63, 3.8) is 0 Å². The Morgan fingerprint density at radius 2 is 1.75 bits per heavy atom. The fraction of sp³-hybridized carbons (Fsp3) is 0.0625. The van der Waals surface area contributed by atoms with Crippen molar-refractivity contribution in [2.45, 2.75) is 0 Å². The Labute approximate surface area is 124 Å². The molecule has 0 aliphatic heterocycles. The average Bonchev–Trinajstić information content (AvgIpc) is 2.47. The van der Waals surface area contributed by atoms with Gasteiger partial charge >= 0.3 is 124 Å². The minimum absolute atomic E-state index is 0.0474. The molecule has 0 heterocycles. The van der Waals surface area contributed by atoms with Gasteiger partial charge in [-0.2, -0.15) is 0 Å². The first-order chi connectivity index (χ1) is 9.69. The first-order valence-electron chi connectivity index (χ1n) is 6.01. The van der Waals surface area contributed by atoms with Crippen molar-refractivity contribution in [3.05, 3.63) is 66.2 Å². The molecule has 0 atom stereocenters. The monoisotopic (exact) mass is 334 g/mol. The summed E-state index contributed by atoms with van der Waals surface area (Å²) in [6.45, 7) is 0. The zero-order valence-electron chi connectivity index (χ0n) is 10.9. The topological polar surface area (TPSA) is 46.5 Å². The molecule has 0 bridgehead atoms. The van der Waals surface area contributed by atoms with E-state index >= 15 is 0 Å². The Hall–Kier alpha value is -2.03. The maximum absolute atomic E-state index is 11.0. The van der Waals surface area contributed by atoms with Gasteiger partial charge in [0.25, 0.3) is 0 Å². The third kappa shape index (κ3) is 3.98. The summed E-state index contributed by atoms with van der Waals surface area (Å²) in [7, 11) is 1.61. The Morgan fingerprint density at radius 1 is 1.10 bits per heavy atom. The van der Waals surface area contributed by atoms with Gasteiger partial charge in [0, 0.05) is 0 Å². The van der Waals surface area contributed by atoms with Crippen LogP contribution in [0.5, 0.6) is 5.75 Å². The van der Waals surface area contributed by atoms with Gasteiger partial charge in [0.15, 0.2) is 0 Å². The zero-order valence-corrected chi connectivity index (χ0v) is 12.7. The molecular weight excluding hydrogens is 319 g/mol. The Balaban J connectivity index is 2.30. The van der Waals surface area contributed by atoms with Crippen molar-refractivity contribution in [2.75, 3.05) is 7.11 Å². The molecule has 2 aromatic rings. The van der Waals surface area contributed by atoms with E-state index in [1.165, 1.54) is 6.08 Å². The van der Waals surface area contributed by atoms with Crippen LogP contribution in [0.2, 0.25) is 0 Å². The number of hydrogen-bond acceptors (Lipinski definition) is 2. The molecule has 20 heavy (non-hydrogen) atoms. The van der Waals surface area contributed by atoms with Gasteiger partial charge in [-0.3, -0.25) is 0 Å². The SMILES string of the molecule is COc1ccc(/C(=C/C(=O)O)[Se]c2ccccc2)cc1. The van der Waals surface area contributed by atoms with E-state index < -0.39 is 5.97 Å². The molecule has 1 N–H and O–H groups in total. The van der Waals surface area contributed by atoms with Crippen LogP contribution in [0.3, 0.4) is 0 Å². The first-order valence-corrected chi connectivity index (χ1v) is 7.72. The third-order valence-electron chi connectivity index (χ3n) is 2.60. The van der Waals surface area contributed by atoms with Crippen LogP contribution in [0.1, 0.15) is 5.56 Å². The van der Waals surface area contributed by atoms with Gasteiger partial charge in [-0.1, -0.05) is 0 Å². The molecule has 2 aromatic carbocycles. The van der Waals surface area contributed by atoms with Crippen LogP contribution >= 0.6 is 0 Å².